The van der Waals surface area contributed by atoms with E-state index in [1.54, 1.807) is 18.3 Å². The van der Waals surface area contributed by atoms with E-state index >= 15 is 0 Å². The zero-order chi connectivity index (χ0) is 27.1. The molecule has 2 aromatic carbocycles. The Kier molecular flexibility index (Phi) is 8.72. The number of hydrogen-bond acceptors (Lipinski definition) is 5. The summed E-state index contributed by atoms with van der Waals surface area (Å²) >= 11 is -0.323. The molecule has 1 aliphatic heterocycles. The number of nitrogens with one attached hydrogen (secondary N) is 1. The third-order valence-corrected chi connectivity index (χ3v) is 6.37. The minimum absolute atomic E-state index is 0.0654. The van der Waals surface area contributed by atoms with Crippen molar-refractivity contribution in [3.05, 3.63) is 89.1 Å². The maximum Gasteiger partial charge on any atom is 0.417 e. The molecule has 7 nitrogen and oxygen atoms in total. The van der Waals surface area contributed by atoms with Crippen molar-refractivity contribution < 1.29 is 31.4 Å². The number of pyridine rings is 1. The first-order valence-electron chi connectivity index (χ1n) is 11.7. The van der Waals surface area contributed by atoms with Crippen LogP contribution in [0.3, 0.4) is 0 Å². The van der Waals surface area contributed by atoms with Gasteiger partial charge in [0, 0.05) is 49.9 Å². The topological polar surface area (TPSA) is 74.8 Å². The number of amides is 3. The zero-order valence-electron chi connectivity index (χ0n) is 20.1. The predicted octanol–water partition coefficient (Wildman–Crippen LogP) is 5.32. The number of benzene rings is 2. The lowest BCUT2D eigenvalue weighted by Crippen LogP contribution is -2.53. The number of aromatic nitrogens is 1. The first-order chi connectivity index (χ1) is 18.2. The van der Waals surface area contributed by atoms with Gasteiger partial charge in [-0.1, -0.05) is 30.3 Å². The van der Waals surface area contributed by atoms with Gasteiger partial charge >= 0.3 is 12.2 Å². The molecule has 4 rings (SSSR count). The Hall–Kier alpha value is -3.80. The van der Waals surface area contributed by atoms with Crippen molar-refractivity contribution in [2.45, 2.75) is 24.2 Å². The fraction of sp³-hybridized carbons (Fsp3) is 0.269. The van der Waals surface area contributed by atoms with Gasteiger partial charge in [-0.15, -0.1) is 0 Å². The molecule has 3 aromatic rings. The molecule has 0 unspecified atom stereocenters. The number of urea groups is 1. The van der Waals surface area contributed by atoms with Crippen LogP contribution in [-0.2, 0) is 19.3 Å². The zero-order valence-corrected chi connectivity index (χ0v) is 20.9. The summed E-state index contributed by atoms with van der Waals surface area (Å²) in [5.74, 6) is -0.392. The molecule has 1 N–H and O–H groups in total. The quantitative estimate of drug-likeness (QED) is 0.405. The minimum Gasteiger partial charge on any atom is -0.473 e. The lowest BCUT2D eigenvalue weighted by molar-refractivity contribution is -0.138. The van der Waals surface area contributed by atoms with E-state index < -0.39 is 23.2 Å². The molecule has 0 radical (unpaired) electrons. The number of ether oxygens (including phenoxy) is 1. The first-order valence-corrected chi connectivity index (χ1v) is 12.4. The van der Waals surface area contributed by atoms with Crippen LogP contribution in [0.4, 0.5) is 21.9 Å². The molecule has 0 atom stereocenters. The van der Waals surface area contributed by atoms with E-state index in [4.69, 9.17) is 4.74 Å². The highest BCUT2D eigenvalue weighted by Gasteiger charge is 2.37. The van der Waals surface area contributed by atoms with Crippen molar-refractivity contribution in [3.63, 3.8) is 0 Å². The number of carbonyl (C=O) groups is 2. The van der Waals surface area contributed by atoms with Crippen molar-refractivity contribution in [2.75, 3.05) is 26.2 Å². The Bertz CT molecular complexity index is 1270. The van der Waals surface area contributed by atoms with E-state index in [0.717, 1.165) is 23.3 Å². The molecular weight excluding hydrogens is 524 g/mol. The number of nitrogens with zero attached hydrogens (tertiary/aromatic N) is 3. The van der Waals surface area contributed by atoms with Gasteiger partial charge in [-0.25, -0.2) is 9.78 Å². The maximum atomic E-state index is 13.5. The molecule has 1 aromatic heterocycles. The molecule has 12 heteroatoms. The van der Waals surface area contributed by atoms with Crippen molar-refractivity contribution in [2.24, 2.45) is 0 Å². The van der Waals surface area contributed by atoms with Crippen LogP contribution >= 0.6 is 12.1 Å². The SMILES string of the molecule is O=C(NCc1ccnc(OCc2ccccc2)c1)N1CCN(C(=O)c2ccc(SF)cc2C(F)(F)F)CC1. The predicted molar refractivity (Wildman–Crippen MR) is 133 cm³/mol. The van der Waals surface area contributed by atoms with E-state index in [2.05, 4.69) is 10.3 Å². The number of piperazine rings is 1. The van der Waals surface area contributed by atoms with Crippen LogP contribution in [0.25, 0.3) is 0 Å². The Morgan fingerprint density at radius 1 is 0.947 bits per heavy atom. The Morgan fingerprint density at radius 3 is 2.34 bits per heavy atom. The van der Waals surface area contributed by atoms with Gasteiger partial charge in [-0.2, -0.15) is 17.1 Å². The minimum atomic E-state index is -4.81. The smallest absolute Gasteiger partial charge is 0.417 e. The molecule has 0 spiro atoms. The Balaban J connectivity index is 1.29. The summed E-state index contributed by atoms with van der Waals surface area (Å²) in [6.45, 7) is 1.01. The van der Waals surface area contributed by atoms with Crippen LogP contribution in [0, 0.1) is 0 Å². The van der Waals surface area contributed by atoms with Crippen molar-refractivity contribution in [3.8, 4) is 5.88 Å². The van der Waals surface area contributed by atoms with Crippen LogP contribution in [-0.4, -0.2) is 52.9 Å². The van der Waals surface area contributed by atoms with Gasteiger partial charge in [0.1, 0.15) is 6.61 Å². The van der Waals surface area contributed by atoms with Gasteiger partial charge in [0.15, 0.2) is 0 Å². The van der Waals surface area contributed by atoms with Crippen molar-refractivity contribution in [1.82, 2.24) is 20.1 Å². The molecule has 1 aliphatic rings. The fourth-order valence-corrected chi connectivity index (χ4v) is 4.22. The first kappa shape index (κ1) is 27.2. The lowest BCUT2D eigenvalue weighted by Gasteiger charge is -2.35. The van der Waals surface area contributed by atoms with Crippen molar-refractivity contribution in [1.29, 1.82) is 0 Å². The number of carbonyl (C=O) groups excluding carboxylic acids is 2. The second-order valence-electron chi connectivity index (χ2n) is 8.50. The lowest BCUT2D eigenvalue weighted by atomic mass is 10.1. The number of rotatable bonds is 7. The Labute approximate surface area is 221 Å². The summed E-state index contributed by atoms with van der Waals surface area (Å²) in [4.78, 5) is 32.2. The summed E-state index contributed by atoms with van der Waals surface area (Å²) in [6, 6.07) is 15.5. The second-order valence-corrected chi connectivity index (χ2v) is 9.12. The van der Waals surface area contributed by atoms with E-state index in [0.29, 0.717) is 18.6 Å². The standard InChI is InChI=1S/C26H24F4N4O3S/c27-26(28,29)22-15-20(38-30)6-7-21(22)24(35)33-10-12-34(13-11-33)25(36)32-16-19-8-9-31-23(14-19)37-17-18-4-2-1-3-5-18/h1-9,14-15H,10-13,16-17H2,(H,32,36). The maximum absolute atomic E-state index is 13.5. The van der Waals surface area contributed by atoms with Crippen LogP contribution < -0.4 is 10.1 Å². The molecule has 0 aliphatic carbocycles. The van der Waals surface area contributed by atoms with Gasteiger partial charge in [0.25, 0.3) is 5.91 Å². The van der Waals surface area contributed by atoms with Crippen LogP contribution in [0.15, 0.2) is 71.8 Å². The molecule has 0 saturated carbocycles. The highest BCUT2D eigenvalue weighted by atomic mass is 32.2. The molecule has 1 fully saturated rings. The fourth-order valence-electron chi connectivity index (χ4n) is 3.94. The Morgan fingerprint density at radius 2 is 1.66 bits per heavy atom. The van der Waals surface area contributed by atoms with Gasteiger partial charge in [0.2, 0.25) is 5.88 Å². The number of alkyl halides is 3. The molecule has 0 bridgehead atoms. The summed E-state index contributed by atoms with van der Waals surface area (Å²) in [6.07, 6.45) is -3.22. The molecule has 38 heavy (non-hydrogen) atoms. The van der Waals surface area contributed by atoms with Crippen LogP contribution in [0.1, 0.15) is 27.0 Å². The third kappa shape index (κ3) is 6.94. The second kappa shape index (κ2) is 12.2. The van der Waals surface area contributed by atoms with Crippen LogP contribution in [0.5, 0.6) is 5.88 Å². The van der Waals surface area contributed by atoms with Crippen molar-refractivity contribution >= 4 is 24.1 Å². The normalized spacial score (nSPS) is 13.8. The van der Waals surface area contributed by atoms with Gasteiger partial charge in [-0.3, -0.25) is 4.79 Å². The summed E-state index contributed by atoms with van der Waals surface area (Å²) in [7, 11) is 0. The summed E-state index contributed by atoms with van der Waals surface area (Å²) in [5, 5.41) is 2.80. The van der Waals surface area contributed by atoms with Gasteiger partial charge in [0.05, 0.1) is 23.3 Å². The number of halogens is 4. The molecule has 1 saturated heterocycles. The average molecular weight is 549 g/mol. The van der Waals surface area contributed by atoms with E-state index in [1.807, 2.05) is 30.3 Å². The van der Waals surface area contributed by atoms with E-state index in [-0.39, 0.29) is 55.8 Å². The van der Waals surface area contributed by atoms with Gasteiger partial charge in [-0.05, 0) is 35.4 Å². The van der Waals surface area contributed by atoms with Crippen LogP contribution in [0.2, 0.25) is 0 Å². The average Bonchev–Trinajstić information content (AvgIpc) is 2.94. The third-order valence-electron chi connectivity index (χ3n) is 5.94. The highest BCUT2D eigenvalue weighted by molar-refractivity contribution is 7.94. The molecular formula is C26H24F4N4O3S. The summed E-state index contributed by atoms with van der Waals surface area (Å²) < 4.78 is 58.9. The van der Waals surface area contributed by atoms with E-state index in [1.165, 1.54) is 9.80 Å². The van der Waals surface area contributed by atoms with E-state index in [9.17, 15) is 26.6 Å². The summed E-state index contributed by atoms with van der Waals surface area (Å²) in [5.41, 5.74) is 0.0433. The van der Waals surface area contributed by atoms with Gasteiger partial charge < -0.3 is 19.9 Å². The number of hydrogen-bond donors (Lipinski definition) is 1. The molecule has 3 amide bonds. The highest BCUT2D eigenvalue weighted by Crippen LogP contribution is 2.35. The monoisotopic (exact) mass is 548 g/mol. The largest absolute Gasteiger partial charge is 0.473 e. The molecule has 2 heterocycles. The molecule has 200 valence electrons.